The molecular weight excluding hydrogens is 290 g/mol. The molecule has 22 heavy (non-hydrogen) atoms. The van der Waals surface area contributed by atoms with Crippen LogP contribution in [0, 0.1) is 11.6 Å². The van der Waals surface area contributed by atoms with Crippen LogP contribution < -0.4 is 0 Å². The van der Waals surface area contributed by atoms with Crippen LogP contribution in [-0.2, 0) is 16.1 Å². The van der Waals surface area contributed by atoms with Crippen molar-refractivity contribution >= 4 is 16.9 Å². The molecule has 0 amide bonds. The Morgan fingerprint density at radius 1 is 1.23 bits per heavy atom. The van der Waals surface area contributed by atoms with E-state index in [0.717, 1.165) is 18.2 Å². The van der Waals surface area contributed by atoms with E-state index in [-0.39, 0.29) is 17.8 Å². The molecule has 0 N–H and O–H groups in total. The van der Waals surface area contributed by atoms with Gasteiger partial charge in [-0.1, -0.05) is 18.2 Å². The van der Waals surface area contributed by atoms with Gasteiger partial charge in [-0.25, -0.2) is 8.78 Å². The fraction of sp³-hybridized carbons (Fsp3) is 0.125. The van der Waals surface area contributed by atoms with Crippen LogP contribution in [0.1, 0.15) is 0 Å². The molecule has 6 heteroatoms. The summed E-state index contributed by atoms with van der Waals surface area (Å²) >= 11 is 0. The first-order valence-corrected chi connectivity index (χ1v) is 6.58. The highest BCUT2D eigenvalue weighted by molar-refractivity contribution is 5.94. The summed E-state index contributed by atoms with van der Waals surface area (Å²) in [6.45, 7) is -0.103. The van der Waals surface area contributed by atoms with Crippen LogP contribution in [0.4, 0.5) is 8.78 Å². The second-order valence-electron chi connectivity index (χ2n) is 4.72. The molecule has 0 saturated heterocycles. The lowest BCUT2D eigenvalue weighted by atomic mass is 10.1. The standard InChI is InChI=1S/C16H12F2N2O2/c1-22-15(21)9-20-14-5-3-2-4-11(14)16(19-20)12-8-10(17)6-7-13(12)18/h2-8H,9H2,1H3. The second-order valence-corrected chi connectivity index (χ2v) is 4.72. The van der Waals surface area contributed by atoms with Crippen molar-refractivity contribution in [2.75, 3.05) is 7.11 Å². The van der Waals surface area contributed by atoms with Crippen LogP contribution in [0.3, 0.4) is 0 Å². The number of hydrogen-bond acceptors (Lipinski definition) is 3. The maximum atomic E-state index is 14.0. The number of hydrogen-bond donors (Lipinski definition) is 0. The van der Waals surface area contributed by atoms with Crippen molar-refractivity contribution in [1.82, 2.24) is 9.78 Å². The summed E-state index contributed by atoms with van der Waals surface area (Å²) in [7, 11) is 1.28. The number of esters is 1. The number of ether oxygens (including phenoxy) is 1. The quantitative estimate of drug-likeness (QED) is 0.698. The Kier molecular flexibility index (Phi) is 3.58. The van der Waals surface area contributed by atoms with E-state index in [1.54, 1.807) is 24.3 Å². The third kappa shape index (κ3) is 2.43. The third-order valence-corrected chi connectivity index (χ3v) is 3.35. The lowest BCUT2D eigenvalue weighted by Gasteiger charge is -2.01. The summed E-state index contributed by atoms with van der Waals surface area (Å²) in [6.07, 6.45) is 0. The topological polar surface area (TPSA) is 44.1 Å². The maximum Gasteiger partial charge on any atom is 0.327 e. The highest BCUT2D eigenvalue weighted by atomic mass is 19.1. The highest BCUT2D eigenvalue weighted by Crippen LogP contribution is 2.30. The molecule has 1 heterocycles. The summed E-state index contributed by atoms with van der Waals surface area (Å²) in [5.74, 6) is -1.60. The second kappa shape index (κ2) is 5.55. The van der Waals surface area contributed by atoms with Crippen molar-refractivity contribution in [2.24, 2.45) is 0 Å². The van der Waals surface area contributed by atoms with Crippen LogP contribution in [-0.4, -0.2) is 22.9 Å². The number of methoxy groups -OCH3 is 1. The van der Waals surface area contributed by atoms with E-state index < -0.39 is 17.6 Å². The molecule has 0 atom stereocenters. The number of rotatable bonds is 3. The fourth-order valence-corrected chi connectivity index (χ4v) is 2.31. The van der Waals surface area contributed by atoms with E-state index in [4.69, 9.17) is 0 Å². The van der Waals surface area contributed by atoms with Crippen molar-refractivity contribution in [2.45, 2.75) is 6.54 Å². The van der Waals surface area contributed by atoms with Crippen LogP contribution in [0.25, 0.3) is 22.2 Å². The van der Waals surface area contributed by atoms with Gasteiger partial charge in [-0.3, -0.25) is 9.48 Å². The summed E-state index contributed by atoms with van der Waals surface area (Å²) in [4.78, 5) is 11.5. The third-order valence-electron chi connectivity index (χ3n) is 3.35. The van der Waals surface area contributed by atoms with Crippen LogP contribution in [0.15, 0.2) is 42.5 Å². The first-order chi connectivity index (χ1) is 10.6. The first-order valence-electron chi connectivity index (χ1n) is 6.58. The molecule has 3 aromatic rings. The smallest absolute Gasteiger partial charge is 0.327 e. The molecule has 1 aromatic heterocycles. The lowest BCUT2D eigenvalue weighted by Crippen LogP contribution is -2.12. The molecule has 0 saturated carbocycles. The number of para-hydroxylation sites is 1. The van der Waals surface area contributed by atoms with Crippen molar-refractivity contribution in [3.8, 4) is 11.3 Å². The summed E-state index contributed by atoms with van der Waals surface area (Å²) in [5, 5.41) is 4.89. The van der Waals surface area contributed by atoms with E-state index in [9.17, 15) is 13.6 Å². The van der Waals surface area contributed by atoms with Gasteiger partial charge in [0.05, 0.1) is 12.6 Å². The van der Waals surface area contributed by atoms with E-state index >= 15 is 0 Å². The van der Waals surface area contributed by atoms with Crippen molar-refractivity contribution in [3.63, 3.8) is 0 Å². The zero-order valence-corrected chi connectivity index (χ0v) is 11.7. The monoisotopic (exact) mass is 302 g/mol. The van der Waals surface area contributed by atoms with E-state index in [1.807, 2.05) is 0 Å². The molecule has 0 aliphatic rings. The Morgan fingerprint density at radius 2 is 2.00 bits per heavy atom. The SMILES string of the molecule is COC(=O)Cn1nc(-c2cc(F)ccc2F)c2ccccc21. The molecule has 4 nitrogen and oxygen atoms in total. The molecular formula is C16H12F2N2O2. The number of nitrogens with zero attached hydrogens (tertiary/aromatic N) is 2. The van der Waals surface area contributed by atoms with Crippen LogP contribution >= 0.6 is 0 Å². The summed E-state index contributed by atoms with van der Waals surface area (Å²) in [6, 6.07) is 10.2. The number of halogens is 2. The molecule has 0 bridgehead atoms. The van der Waals surface area contributed by atoms with Crippen molar-refractivity contribution in [1.29, 1.82) is 0 Å². The maximum absolute atomic E-state index is 14.0. The molecule has 0 aliphatic heterocycles. The van der Waals surface area contributed by atoms with Gasteiger partial charge in [-0.2, -0.15) is 5.10 Å². The first kappa shape index (κ1) is 14.2. The van der Waals surface area contributed by atoms with Gasteiger partial charge in [0.15, 0.2) is 0 Å². The normalized spacial score (nSPS) is 10.9. The summed E-state index contributed by atoms with van der Waals surface area (Å²) < 4.78 is 33.5. The van der Waals surface area contributed by atoms with Gasteiger partial charge < -0.3 is 4.74 Å². The molecule has 0 radical (unpaired) electrons. The zero-order chi connectivity index (χ0) is 15.7. The van der Waals surface area contributed by atoms with Gasteiger partial charge in [0.25, 0.3) is 0 Å². The number of carbonyl (C=O) groups is 1. The predicted octanol–water partition coefficient (Wildman–Crippen LogP) is 3.15. The van der Waals surface area contributed by atoms with E-state index in [1.165, 1.54) is 11.8 Å². The Morgan fingerprint density at radius 3 is 2.77 bits per heavy atom. The Bertz CT molecular complexity index is 858. The van der Waals surface area contributed by atoms with Gasteiger partial charge in [-0.05, 0) is 24.3 Å². The van der Waals surface area contributed by atoms with Crippen molar-refractivity contribution < 1.29 is 18.3 Å². The van der Waals surface area contributed by atoms with Gasteiger partial charge in [0, 0.05) is 10.9 Å². The number of carbonyl (C=O) groups excluding carboxylic acids is 1. The molecule has 0 unspecified atom stereocenters. The molecule has 0 fully saturated rings. The Balaban J connectivity index is 2.22. The van der Waals surface area contributed by atoms with E-state index in [0.29, 0.717) is 10.9 Å². The Hall–Kier alpha value is -2.76. The lowest BCUT2D eigenvalue weighted by molar-refractivity contribution is -0.141. The molecule has 2 aromatic carbocycles. The molecule has 0 aliphatic carbocycles. The minimum absolute atomic E-state index is 0.0554. The van der Waals surface area contributed by atoms with Crippen molar-refractivity contribution in [3.05, 3.63) is 54.1 Å². The fourth-order valence-electron chi connectivity index (χ4n) is 2.31. The molecule has 3 rings (SSSR count). The minimum Gasteiger partial charge on any atom is -0.468 e. The number of benzene rings is 2. The van der Waals surface area contributed by atoms with Gasteiger partial charge in [0.2, 0.25) is 0 Å². The average molecular weight is 302 g/mol. The van der Waals surface area contributed by atoms with Crippen LogP contribution in [0.2, 0.25) is 0 Å². The van der Waals surface area contributed by atoms with Gasteiger partial charge in [-0.15, -0.1) is 0 Å². The van der Waals surface area contributed by atoms with E-state index in [2.05, 4.69) is 9.84 Å². The zero-order valence-electron chi connectivity index (χ0n) is 11.7. The highest BCUT2D eigenvalue weighted by Gasteiger charge is 2.17. The average Bonchev–Trinajstić information content (AvgIpc) is 2.88. The summed E-state index contributed by atoms with van der Waals surface area (Å²) in [5.41, 5.74) is 0.989. The molecule has 0 spiro atoms. The number of fused-ring (bicyclic) bond motifs is 1. The van der Waals surface area contributed by atoms with Gasteiger partial charge >= 0.3 is 5.97 Å². The van der Waals surface area contributed by atoms with Crippen LogP contribution in [0.5, 0.6) is 0 Å². The predicted molar refractivity (Wildman–Crippen MR) is 77.1 cm³/mol. The largest absolute Gasteiger partial charge is 0.468 e. The molecule has 112 valence electrons. The number of aromatic nitrogens is 2. The van der Waals surface area contributed by atoms with Gasteiger partial charge in [0.1, 0.15) is 23.9 Å². The minimum atomic E-state index is -0.574. The Labute approximate surface area is 124 Å².